The first-order chi connectivity index (χ1) is 9.04. The first-order valence-electron chi connectivity index (χ1n) is 5.70. The first kappa shape index (κ1) is 15.6. The van der Waals surface area contributed by atoms with Gasteiger partial charge in [-0.15, -0.1) is 11.8 Å². The van der Waals surface area contributed by atoms with Crippen molar-refractivity contribution in [2.24, 2.45) is 0 Å². The van der Waals surface area contributed by atoms with Gasteiger partial charge < -0.3 is 19.6 Å². The van der Waals surface area contributed by atoms with Crippen molar-refractivity contribution in [1.29, 1.82) is 0 Å². The number of hydrogen-bond donors (Lipinski definition) is 2. The van der Waals surface area contributed by atoms with Crippen LogP contribution in [-0.2, 0) is 16.1 Å². The van der Waals surface area contributed by atoms with E-state index in [0.29, 0.717) is 23.9 Å². The van der Waals surface area contributed by atoms with Crippen LogP contribution in [0.2, 0.25) is 0 Å². The normalized spacial score (nSPS) is 10.4. The van der Waals surface area contributed by atoms with Gasteiger partial charge in [-0.05, 0) is 13.0 Å². The molecule has 0 atom stereocenters. The van der Waals surface area contributed by atoms with Gasteiger partial charge in [0.1, 0.15) is 17.1 Å². The van der Waals surface area contributed by atoms with Gasteiger partial charge in [0.2, 0.25) is 5.91 Å². The molecule has 106 valence electrons. The van der Waals surface area contributed by atoms with Crippen LogP contribution in [0.3, 0.4) is 0 Å². The van der Waals surface area contributed by atoms with Gasteiger partial charge in [0.15, 0.2) is 0 Å². The van der Waals surface area contributed by atoms with E-state index in [0.717, 1.165) is 5.75 Å². The number of rotatable bonds is 8. The van der Waals surface area contributed by atoms with Crippen molar-refractivity contribution in [2.45, 2.75) is 13.5 Å². The van der Waals surface area contributed by atoms with E-state index in [4.69, 9.17) is 14.3 Å². The average Bonchev–Trinajstić information content (AvgIpc) is 2.74. The smallest absolute Gasteiger partial charge is 0.339 e. The summed E-state index contributed by atoms with van der Waals surface area (Å²) in [6.07, 6.45) is 0. The minimum absolute atomic E-state index is 0.118. The minimum Gasteiger partial charge on any atom is -0.478 e. The van der Waals surface area contributed by atoms with E-state index >= 15 is 0 Å². The Kier molecular flexibility index (Phi) is 6.44. The van der Waals surface area contributed by atoms with Crippen LogP contribution in [0.15, 0.2) is 10.5 Å². The molecule has 0 aromatic carbocycles. The van der Waals surface area contributed by atoms with Crippen molar-refractivity contribution >= 4 is 23.6 Å². The van der Waals surface area contributed by atoms with E-state index in [1.807, 2.05) is 0 Å². The van der Waals surface area contributed by atoms with Gasteiger partial charge in [0.05, 0.1) is 18.9 Å². The van der Waals surface area contributed by atoms with Crippen LogP contribution >= 0.6 is 11.8 Å². The second-order valence-corrected chi connectivity index (χ2v) is 4.92. The summed E-state index contributed by atoms with van der Waals surface area (Å²) in [6.45, 7) is 2.38. The Balaban J connectivity index is 2.34. The number of thioether (sulfide) groups is 1. The van der Waals surface area contributed by atoms with Crippen molar-refractivity contribution in [2.75, 3.05) is 25.2 Å². The Labute approximate surface area is 115 Å². The molecule has 1 heterocycles. The zero-order valence-corrected chi connectivity index (χ0v) is 11.7. The maximum absolute atomic E-state index is 11.5. The van der Waals surface area contributed by atoms with Gasteiger partial charge in [0.25, 0.3) is 0 Å². The second-order valence-electron chi connectivity index (χ2n) is 3.81. The number of amides is 1. The molecular weight excluding hydrogens is 270 g/mol. The van der Waals surface area contributed by atoms with E-state index in [-0.39, 0.29) is 18.0 Å². The molecule has 0 spiro atoms. The fourth-order valence-corrected chi connectivity index (χ4v) is 2.10. The molecule has 6 nitrogen and oxygen atoms in total. The van der Waals surface area contributed by atoms with Gasteiger partial charge in [0, 0.05) is 12.9 Å². The van der Waals surface area contributed by atoms with Crippen LogP contribution < -0.4 is 5.32 Å². The highest BCUT2D eigenvalue weighted by molar-refractivity contribution is 7.99. The number of ether oxygens (including phenoxy) is 1. The Bertz CT molecular complexity index is 443. The topological polar surface area (TPSA) is 88.8 Å². The molecule has 1 rings (SSSR count). The summed E-state index contributed by atoms with van der Waals surface area (Å²) in [6, 6.07) is 1.43. The number of nitrogens with one attached hydrogen (secondary N) is 1. The molecule has 0 aliphatic rings. The number of aromatic carboxylic acids is 1. The van der Waals surface area contributed by atoms with Crippen LogP contribution in [0.5, 0.6) is 0 Å². The SMILES string of the molecule is COCCSCC(=O)NCc1cc(C(=O)O)c(C)o1. The number of carboxylic acids is 1. The number of furan rings is 1. The highest BCUT2D eigenvalue weighted by Crippen LogP contribution is 2.14. The summed E-state index contributed by atoms with van der Waals surface area (Å²) in [5, 5.41) is 11.5. The third kappa shape index (κ3) is 5.35. The Morgan fingerprint density at radius 3 is 2.84 bits per heavy atom. The molecule has 0 saturated heterocycles. The van der Waals surface area contributed by atoms with E-state index in [1.54, 1.807) is 14.0 Å². The predicted octanol–water partition coefficient (Wildman–Crippen LogP) is 1.28. The monoisotopic (exact) mass is 287 g/mol. The Morgan fingerprint density at radius 2 is 2.26 bits per heavy atom. The molecule has 2 N–H and O–H groups in total. The standard InChI is InChI=1S/C12H17NO5S/c1-8-10(12(15)16)5-9(18-8)6-13-11(14)7-19-4-3-17-2/h5H,3-4,6-7H2,1-2H3,(H,13,14)(H,15,16). The van der Waals surface area contributed by atoms with Crippen LogP contribution in [0.25, 0.3) is 0 Å². The molecule has 0 unspecified atom stereocenters. The fourth-order valence-electron chi connectivity index (χ4n) is 1.39. The highest BCUT2D eigenvalue weighted by atomic mass is 32.2. The number of carbonyl (C=O) groups excluding carboxylic acids is 1. The molecule has 19 heavy (non-hydrogen) atoms. The van der Waals surface area contributed by atoms with E-state index in [1.165, 1.54) is 17.8 Å². The molecule has 0 saturated carbocycles. The van der Waals surface area contributed by atoms with E-state index < -0.39 is 5.97 Å². The molecule has 0 bridgehead atoms. The predicted molar refractivity (Wildman–Crippen MR) is 71.5 cm³/mol. The number of aryl methyl sites for hydroxylation is 1. The van der Waals surface area contributed by atoms with Gasteiger partial charge in [-0.1, -0.05) is 0 Å². The number of carboxylic acid groups (broad SMARTS) is 1. The molecule has 0 aliphatic heterocycles. The summed E-state index contributed by atoms with van der Waals surface area (Å²) >= 11 is 1.47. The summed E-state index contributed by atoms with van der Waals surface area (Å²) in [4.78, 5) is 22.3. The van der Waals surface area contributed by atoms with Gasteiger partial charge >= 0.3 is 5.97 Å². The minimum atomic E-state index is -1.03. The molecule has 0 radical (unpaired) electrons. The van der Waals surface area contributed by atoms with Gasteiger partial charge in [-0.25, -0.2) is 4.79 Å². The molecule has 1 amide bonds. The molecule has 0 aliphatic carbocycles. The van der Waals surface area contributed by atoms with Crippen LogP contribution in [-0.4, -0.2) is 42.2 Å². The maximum atomic E-state index is 11.5. The lowest BCUT2D eigenvalue weighted by Gasteiger charge is -2.02. The summed E-state index contributed by atoms with van der Waals surface area (Å²) in [5.74, 6) is 0.722. The van der Waals surface area contributed by atoms with Gasteiger partial charge in [-0.3, -0.25) is 4.79 Å². The Morgan fingerprint density at radius 1 is 1.53 bits per heavy atom. The fraction of sp³-hybridized carbons (Fsp3) is 0.500. The van der Waals surface area contributed by atoms with Crippen LogP contribution in [0.1, 0.15) is 21.9 Å². The van der Waals surface area contributed by atoms with Crippen molar-refractivity contribution < 1.29 is 23.8 Å². The van der Waals surface area contributed by atoms with E-state index in [9.17, 15) is 9.59 Å². The zero-order chi connectivity index (χ0) is 14.3. The highest BCUT2D eigenvalue weighted by Gasteiger charge is 2.13. The third-order valence-corrected chi connectivity index (χ3v) is 3.25. The summed E-state index contributed by atoms with van der Waals surface area (Å²) in [5.41, 5.74) is 0.124. The molecule has 1 aromatic heterocycles. The molecular formula is C12H17NO5S. The summed E-state index contributed by atoms with van der Waals surface area (Å²) in [7, 11) is 1.61. The number of carbonyl (C=O) groups is 2. The quantitative estimate of drug-likeness (QED) is 0.700. The lowest BCUT2D eigenvalue weighted by atomic mass is 10.2. The largest absolute Gasteiger partial charge is 0.478 e. The number of methoxy groups -OCH3 is 1. The van der Waals surface area contributed by atoms with Crippen LogP contribution in [0, 0.1) is 6.92 Å². The maximum Gasteiger partial charge on any atom is 0.339 e. The average molecular weight is 287 g/mol. The molecule has 7 heteroatoms. The van der Waals surface area contributed by atoms with E-state index in [2.05, 4.69) is 5.32 Å². The van der Waals surface area contributed by atoms with Crippen molar-refractivity contribution in [3.8, 4) is 0 Å². The van der Waals surface area contributed by atoms with Crippen molar-refractivity contribution in [3.63, 3.8) is 0 Å². The summed E-state index contributed by atoms with van der Waals surface area (Å²) < 4.78 is 10.1. The lowest BCUT2D eigenvalue weighted by Crippen LogP contribution is -2.24. The zero-order valence-electron chi connectivity index (χ0n) is 10.9. The number of hydrogen-bond acceptors (Lipinski definition) is 5. The van der Waals surface area contributed by atoms with Crippen molar-refractivity contribution in [1.82, 2.24) is 5.32 Å². The van der Waals surface area contributed by atoms with Gasteiger partial charge in [-0.2, -0.15) is 0 Å². The second kappa shape index (κ2) is 7.85. The lowest BCUT2D eigenvalue weighted by molar-refractivity contribution is -0.118. The molecule has 1 aromatic rings. The Hall–Kier alpha value is -1.47. The van der Waals surface area contributed by atoms with Crippen molar-refractivity contribution in [3.05, 3.63) is 23.2 Å². The third-order valence-electron chi connectivity index (χ3n) is 2.32. The first-order valence-corrected chi connectivity index (χ1v) is 6.86. The van der Waals surface area contributed by atoms with Crippen LogP contribution in [0.4, 0.5) is 0 Å². The molecule has 0 fully saturated rings.